The van der Waals surface area contributed by atoms with Crippen LogP contribution in [-0.4, -0.2) is 43.1 Å². The third-order valence-corrected chi connectivity index (χ3v) is 3.06. The summed E-state index contributed by atoms with van der Waals surface area (Å²) in [6.07, 6.45) is 5.41. The van der Waals surface area contributed by atoms with Crippen molar-refractivity contribution in [2.45, 2.75) is 19.8 Å². The maximum Gasteiger partial charge on any atom is 0.309 e. The highest BCUT2D eigenvalue weighted by atomic mass is 16.5. The van der Waals surface area contributed by atoms with Gasteiger partial charge in [0.15, 0.2) is 0 Å². The van der Waals surface area contributed by atoms with Crippen LogP contribution in [0.25, 0.3) is 0 Å². The molecule has 0 spiro atoms. The molecule has 18 heavy (non-hydrogen) atoms. The van der Waals surface area contributed by atoms with Crippen LogP contribution in [0.4, 0.5) is 0 Å². The minimum atomic E-state index is -0.120. The number of hydrogen-bond donors (Lipinski definition) is 0. The highest BCUT2D eigenvalue weighted by Gasteiger charge is 2.18. The molecular formula is C14H22N2O2. The maximum absolute atomic E-state index is 11.5. The van der Waals surface area contributed by atoms with Crippen LogP contribution >= 0.6 is 0 Å². The van der Waals surface area contributed by atoms with Crippen LogP contribution in [0.15, 0.2) is 24.5 Å². The van der Waals surface area contributed by atoms with Gasteiger partial charge in [-0.15, -0.1) is 0 Å². The fourth-order valence-electron chi connectivity index (χ4n) is 1.87. The highest BCUT2D eigenvalue weighted by Crippen LogP contribution is 2.07. The molecule has 4 nitrogen and oxygen atoms in total. The summed E-state index contributed by atoms with van der Waals surface area (Å²) in [6.45, 7) is 3.67. The van der Waals surface area contributed by atoms with Gasteiger partial charge in [0.05, 0.1) is 13.0 Å². The number of carbonyl (C=O) groups is 1. The average Bonchev–Trinajstić information content (AvgIpc) is 2.42. The molecular weight excluding hydrogens is 228 g/mol. The van der Waals surface area contributed by atoms with Crippen LogP contribution in [0.1, 0.15) is 18.9 Å². The van der Waals surface area contributed by atoms with E-state index in [0.29, 0.717) is 0 Å². The van der Waals surface area contributed by atoms with Gasteiger partial charge in [0.1, 0.15) is 0 Å². The maximum atomic E-state index is 11.5. The Labute approximate surface area is 109 Å². The Morgan fingerprint density at radius 2 is 2.33 bits per heavy atom. The molecule has 1 rings (SSSR count). The number of likely N-dealkylation sites (N-methyl/N-ethyl adjacent to an activating group) is 1. The van der Waals surface area contributed by atoms with Crippen molar-refractivity contribution in [1.29, 1.82) is 0 Å². The lowest BCUT2D eigenvalue weighted by molar-refractivity contribution is -0.146. The fraction of sp³-hybridized carbons (Fsp3) is 0.571. The molecule has 0 saturated heterocycles. The molecule has 1 unspecified atom stereocenters. The van der Waals surface area contributed by atoms with Crippen molar-refractivity contribution in [1.82, 2.24) is 9.88 Å². The summed E-state index contributed by atoms with van der Waals surface area (Å²) in [5, 5.41) is 0. The second-order valence-electron chi connectivity index (χ2n) is 4.50. The summed E-state index contributed by atoms with van der Waals surface area (Å²) in [7, 11) is 3.47. The van der Waals surface area contributed by atoms with E-state index >= 15 is 0 Å². The van der Waals surface area contributed by atoms with E-state index < -0.39 is 0 Å². The SMILES string of the molecule is CCC(CN(C)CCc1cccnc1)C(=O)OC. The van der Waals surface area contributed by atoms with Crippen molar-refractivity contribution in [2.75, 3.05) is 27.2 Å². The second kappa shape index (κ2) is 7.82. The van der Waals surface area contributed by atoms with E-state index in [9.17, 15) is 4.79 Å². The Morgan fingerprint density at radius 1 is 1.56 bits per heavy atom. The number of methoxy groups -OCH3 is 1. The molecule has 1 heterocycles. The molecule has 100 valence electrons. The molecule has 1 aromatic rings. The van der Waals surface area contributed by atoms with Crippen LogP contribution in [-0.2, 0) is 16.0 Å². The largest absolute Gasteiger partial charge is 0.469 e. The smallest absolute Gasteiger partial charge is 0.309 e. The molecule has 0 aliphatic rings. The summed E-state index contributed by atoms with van der Waals surface area (Å²) >= 11 is 0. The van der Waals surface area contributed by atoms with Gasteiger partial charge in [-0.25, -0.2) is 0 Å². The summed E-state index contributed by atoms with van der Waals surface area (Å²) in [4.78, 5) is 17.7. The molecule has 1 atom stereocenters. The number of rotatable bonds is 7. The Morgan fingerprint density at radius 3 is 2.89 bits per heavy atom. The molecule has 0 aliphatic carbocycles. The fourth-order valence-corrected chi connectivity index (χ4v) is 1.87. The van der Waals surface area contributed by atoms with Crippen molar-refractivity contribution in [3.8, 4) is 0 Å². The summed E-state index contributed by atoms with van der Waals surface area (Å²) < 4.78 is 4.79. The number of ether oxygens (including phenoxy) is 1. The van der Waals surface area contributed by atoms with Gasteiger partial charge in [-0.05, 0) is 31.5 Å². The van der Waals surface area contributed by atoms with E-state index in [1.54, 1.807) is 6.20 Å². The van der Waals surface area contributed by atoms with Gasteiger partial charge < -0.3 is 9.64 Å². The van der Waals surface area contributed by atoms with Crippen molar-refractivity contribution < 1.29 is 9.53 Å². The van der Waals surface area contributed by atoms with Gasteiger partial charge in [-0.2, -0.15) is 0 Å². The zero-order chi connectivity index (χ0) is 13.4. The normalized spacial score (nSPS) is 12.4. The molecule has 0 radical (unpaired) electrons. The molecule has 0 fully saturated rings. The lowest BCUT2D eigenvalue weighted by atomic mass is 10.1. The van der Waals surface area contributed by atoms with E-state index in [2.05, 4.69) is 16.0 Å². The van der Waals surface area contributed by atoms with E-state index in [-0.39, 0.29) is 11.9 Å². The Hall–Kier alpha value is -1.42. The second-order valence-corrected chi connectivity index (χ2v) is 4.50. The number of pyridine rings is 1. The molecule has 0 aliphatic heterocycles. The topological polar surface area (TPSA) is 42.4 Å². The molecule has 0 amide bonds. The lowest BCUT2D eigenvalue weighted by Gasteiger charge is -2.21. The summed E-state index contributed by atoms with van der Waals surface area (Å²) in [6, 6.07) is 4.01. The van der Waals surface area contributed by atoms with E-state index in [1.807, 2.05) is 26.2 Å². The molecule has 1 aromatic heterocycles. The van der Waals surface area contributed by atoms with Gasteiger partial charge in [0, 0.05) is 25.5 Å². The zero-order valence-electron chi connectivity index (χ0n) is 11.4. The highest BCUT2D eigenvalue weighted by molar-refractivity contribution is 5.72. The Kier molecular flexibility index (Phi) is 6.36. The third-order valence-electron chi connectivity index (χ3n) is 3.06. The van der Waals surface area contributed by atoms with Gasteiger partial charge in [0.2, 0.25) is 0 Å². The molecule has 4 heteroatoms. The molecule has 0 saturated carbocycles. The number of hydrogen-bond acceptors (Lipinski definition) is 4. The number of esters is 1. The minimum Gasteiger partial charge on any atom is -0.469 e. The predicted molar refractivity (Wildman–Crippen MR) is 71.2 cm³/mol. The van der Waals surface area contributed by atoms with Crippen LogP contribution in [0, 0.1) is 5.92 Å². The molecule has 0 aromatic carbocycles. The minimum absolute atomic E-state index is 0.0334. The van der Waals surface area contributed by atoms with Crippen LogP contribution in [0.5, 0.6) is 0 Å². The van der Waals surface area contributed by atoms with Gasteiger partial charge in [0.25, 0.3) is 0 Å². The van der Waals surface area contributed by atoms with E-state index in [4.69, 9.17) is 4.74 Å². The Bertz CT molecular complexity index is 354. The van der Waals surface area contributed by atoms with Crippen molar-refractivity contribution in [3.05, 3.63) is 30.1 Å². The van der Waals surface area contributed by atoms with E-state index in [0.717, 1.165) is 25.9 Å². The third kappa shape index (κ3) is 4.84. The van der Waals surface area contributed by atoms with Crippen molar-refractivity contribution >= 4 is 5.97 Å². The first-order valence-electron chi connectivity index (χ1n) is 6.32. The van der Waals surface area contributed by atoms with E-state index in [1.165, 1.54) is 12.7 Å². The first-order chi connectivity index (χ1) is 8.67. The predicted octanol–water partition coefficient (Wildman–Crippen LogP) is 1.76. The first kappa shape index (κ1) is 14.6. The Balaban J connectivity index is 2.36. The average molecular weight is 250 g/mol. The molecule has 0 bridgehead atoms. The van der Waals surface area contributed by atoms with Crippen LogP contribution < -0.4 is 0 Å². The van der Waals surface area contributed by atoms with Crippen molar-refractivity contribution in [2.24, 2.45) is 5.92 Å². The number of carbonyl (C=O) groups excluding carboxylic acids is 1. The number of nitrogens with zero attached hydrogens (tertiary/aromatic N) is 2. The van der Waals surface area contributed by atoms with Crippen LogP contribution in [0.2, 0.25) is 0 Å². The monoisotopic (exact) mass is 250 g/mol. The lowest BCUT2D eigenvalue weighted by Crippen LogP contribution is -2.32. The summed E-state index contributed by atoms with van der Waals surface area (Å²) in [5.41, 5.74) is 1.22. The zero-order valence-corrected chi connectivity index (χ0v) is 11.4. The molecule has 0 N–H and O–H groups in total. The van der Waals surface area contributed by atoms with Gasteiger partial charge in [-0.1, -0.05) is 13.0 Å². The summed E-state index contributed by atoms with van der Waals surface area (Å²) in [5.74, 6) is -0.153. The first-order valence-corrected chi connectivity index (χ1v) is 6.32. The van der Waals surface area contributed by atoms with Crippen molar-refractivity contribution in [3.63, 3.8) is 0 Å². The van der Waals surface area contributed by atoms with Crippen LogP contribution in [0.3, 0.4) is 0 Å². The quantitative estimate of drug-likeness (QED) is 0.692. The number of aromatic nitrogens is 1. The van der Waals surface area contributed by atoms with Gasteiger partial charge in [-0.3, -0.25) is 9.78 Å². The van der Waals surface area contributed by atoms with Gasteiger partial charge >= 0.3 is 5.97 Å². The standard InChI is InChI=1S/C14H22N2O2/c1-4-13(14(17)18-3)11-16(2)9-7-12-6-5-8-15-10-12/h5-6,8,10,13H,4,7,9,11H2,1-3H3.